The lowest BCUT2D eigenvalue weighted by Crippen LogP contribution is -2.60. The maximum absolute atomic E-state index is 13.1. The molecule has 0 aromatic rings. The highest BCUT2D eigenvalue weighted by atomic mass is 16.7. The summed E-state index contributed by atoms with van der Waals surface area (Å²) in [5, 5.41) is 54.8. The Morgan fingerprint density at radius 3 is 1.08 bits per heavy atom. The monoisotopic (exact) mass is 1240 g/mol. The minimum absolute atomic E-state index is 0.189. The van der Waals surface area contributed by atoms with Crippen LogP contribution < -0.4 is 5.32 Å². The Bertz CT molecular complexity index is 1780. The summed E-state index contributed by atoms with van der Waals surface area (Å²) in [4.78, 5) is 13.1. The van der Waals surface area contributed by atoms with Crippen molar-refractivity contribution in [2.24, 2.45) is 0 Å². The molecule has 1 aliphatic heterocycles. The second-order valence-electron chi connectivity index (χ2n) is 25.7. The molecule has 89 heavy (non-hydrogen) atoms. The molecule has 514 valence electrons. The Morgan fingerprint density at radius 2 is 0.708 bits per heavy atom. The van der Waals surface area contributed by atoms with Gasteiger partial charge in [0, 0.05) is 6.42 Å². The molecule has 0 aromatic heterocycles. The highest BCUT2D eigenvalue weighted by Gasteiger charge is 2.44. The van der Waals surface area contributed by atoms with Gasteiger partial charge in [0.25, 0.3) is 0 Å². The lowest BCUT2D eigenvalue weighted by molar-refractivity contribution is -0.302. The Hall–Kier alpha value is -3.15. The molecule has 1 aliphatic rings. The zero-order chi connectivity index (χ0) is 64.2. The minimum atomic E-state index is -1.58. The highest BCUT2D eigenvalue weighted by molar-refractivity contribution is 5.76. The van der Waals surface area contributed by atoms with Crippen molar-refractivity contribution in [1.29, 1.82) is 0 Å². The van der Waals surface area contributed by atoms with Crippen LogP contribution in [0.1, 0.15) is 335 Å². The quantitative estimate of drug-likeness (QED) is 0.0261. The largest absolute Gasteiger partial charge is 0.394 e. The van der Waals surface area contributed by atoms with Crippen LogP contribution in [0.15, 0.2) is 109 Å². The zero-order valence-corrected chi connectivity index (χ0v) is 57.7. The van der Waals surface area contributed by atoms with Crippen LogP contribution in [0.3, 0.4) is 0 Å². The molecule has 9 nitrogen and oxygen atoms in total. The molecule has 0 spiro atoms. The topological polar surface area (TPSA) is 149 Å². The standard InChI is InChI=1S/C80H141NO8/c1-3-5-7-9-11-13-15-17-19-21-23-25-27-29-31-33-34-35-36-37-38-39-40-42-44-46-48-50-52-54-56-58-60-62-64-66-68-70-76(84)81-73(72-88-80-79(87)78(86)77(85)75(71-82)89-80)74(83)69-67-65-63-61-59-57-55-53-51-49-47-45-43-41-32-30-28-26-24-22-20-18-16-14-12-10-8-6-4-2/h5,7,11,13,17,19,23,25,29,31,34-35,51,53,59,61,67,69,73-75,77-80,82-83,85-87H,3-4,6,8-10,12,14-16,18,20-22,24,26-28,30,32-33,36-50,52,54-58,60,62-66,68,70-72H2,1-2H3,(H,81,84)/b7-5-,13-11-,19-17-,25-23-,31-29-,35-34-,53-51+,61-59+,69-67+. The van der Waals surface area contributed by atoms with Gasteiger partial charge in [-0.05, 0) is 96.3 Å². The summed E-state index contributed by atoms with van der Waals surface area (Å²) in [7, 11) is 0. The van der Waals surface area contributed by atoms with Gasteiger partial charge in [0.2, 0.25) is 5.91 Å². The number of hydrogen-bond donors (Lipinski definition) is 6. The fourth-order valence-electron chi connectivity index (χ4n) is 11.5. The fourth-order valence-corrected chi connectivity index (χ4v) is 11.5. The van der Waals surface area contributed by atoms with E-state index in [2.05, 4.69) is 116 Å². The molecular formula is C80H141NO8. The van der Waals surface area contributed by atoms with Crippen molar-refractivity contribution in [1.82, 2.24) is 5.32 Å². The number of nitrogens with one attached hydrogen (secondary N) is 1. The molecule has 1 rings (SSSR count). The lowest BCUT2D eigenvalue weighted by Gasteiger charge is -2.40. The number of aliphatic hydroxyl groups is 5. The van der Waals surface area contributed by atoms with E-state index in [-0.39, 0.29) is 12.5 Å². The lowest BCUT2D eigenvalue weighted by atomic mass is 9.99. The molecule has 0 aromatic carbocycles. The first kappa shape index (κ1) is 83.9. The molecule has 0 bridgehead atoms. The average Bonchev–Trinajstić information content (AvgIpc) is 2.28. The summed E-state index contributed by atoms with van der Waals surface area (Å²) in [5.41, 5.74) is 0. The van der Waals surface area contributed by atoms with E-state index in [4.69, 9.17) is 9.47 Å². The first-order chi connectivity index (χ1) is 43.8. The van der Waals surface area contributed by atoms with Crippen molar-refractivity contribution in [3.8, 4) is 0 Å². The number of ether oxygens (including phenoxy) is 2. The van der Waals surface area contributed by atoms with Crippen molar-refractivity contribution in [3.05, 3.63) is 109 Å². The van der Waals surface area contributed by atoms with Crippen LogP contribution in [0.4, 0.5) is 0 Å². The number of allylic oxidation sites excluding steroid dienone is 17. The van der Waals surface area contributed by atoms with E-state index in [1.54, 1.807) is 6.08 Å². The van der Waals surface area contributed by atoms with E-state index in [1.165, 1.54) is 231 Å². The van der Waals surface area contributed by atoms with Gasteiger partial charge in [0.05, 0.1) is 25.4 Å². The van der Waals surface area contributed by atoms with Gasteiger partial charge in [-0.25, -0.2) is 0 Å². The molecule has 7 atom stereocenters. The second kappa shape index (κ2) is 67.7. The molecular weight excluding hydrogens is 1100 g/mol. The summed E-state index contributed by atoms with van der Waals surface area (Å²) in [6.45, 7) is 3.68. The number of carbonyl (C=O) groups is 1. The Kier molecular flexibility index (Phi) is 63.8. The van der Waals surface area contributed by atoms with Gasteiger partial charge in [-0.15, -0.1) is 0 Å². The fraction of sp³-hybridized carbons (Fsp3) is 0.762. The number of hydrogen-bond acceptors (Lipinski definition) is 8. The summed E-state index contributed by atoms with van der Waals surface area (Å²) in [5.74, 6) is -0.189. The van der Waals surface area contributed by atoms with Crippen molar-refractivity contribution < 1.29 is 39.8 Å². The first-order valence-corrected chi connectivity index (χ1v) is 37.6. The number of unbranched alkanes of at least 4 members (excludes halogenated alkanes) is 39. The molecule has 9 heteroatoms. The number of aliphatic hydroxyl groups excluding tert-OH is 5. The number of amides is 1. The van der Waals surface area contributed by atoms with Crippen LogP contribution in [0, 0.1) is 0 Å². The van der Waals surface area contributed by atoms with Gasteiger partial charge in [0.15, 0.2) is 6.29 Å². The van der Waals surface area contributed by atoms with Crippen molar-refractivity contribution in [2.45, 2.75) is 378 Å². The predicted octanol–water partition coefficient (Wildman–Crippen LogP) is 21.2. The molecule has 1 saturated heterocycles. The van der Waals surface area contributed by atoms with Crippen LogP contribution in [-0.4, -0.2) is 87.5 Å². The van der Waals surface area contributed by atoms with E-state index in [0.29, 0.717) is 6.42 Å². The van der Waals surface area contributed by atoms with E-state index in [9.17, 15) is 30.3 Å². The second-order valence-corrected chi connectivity index (χ2v) is 25.7. The highest BCUT2D eigenvalue weighted by Crippen LogP contribution is 2.23. The third-order valence-corrected chi connectivity index (χ3v) is 17.3. The Balaban J connectivity index is 2.13. The summed E-state index contributed by atoms with van der Waals surface area (Å²) in [6, 6.07) is -0.835. The zero-order valence-electron chi connectivity index (χ0n) is 57.7. The maximum Gasteiger partial charge on any atom is 0.220 e. The SMILES string of the molecule is CC/C=C\C/C=C\C/C=C\C/C=C\C/C=C\C/C=C\CCCCCCCCCCCCCCCCCCCCC(=O)NC(COC1OC(CO)C(O)C(O)C1O)C(O)/C=C/CC/C=C/CC/C=C/CCCCCCCCCCCCCCCCCCCCC. The van der Waals surface area contributed by atoms with E-state index >= 15 is 0 Å². The smallest absolute Gasteiger partial charge is 0.220 e. The van der Waals surface area contributed by atoms with E-state index in [0.717, 1.165) is 83.5 Å². The van der Waals surface area contributed by atoms with Gasteiger partial charge < -0.3 is 40.3 Å². The normalized spacial score (nSPS) is 18.5. The number of carbonyl (C=O) groups excluding carboxylic acids is 1. The summed E-state index contributed by atoms with van der Waals surface area (Å²) < 4.78 is 11.3. The van der Waals surface area contributed by atoms with E-state index < -0.39 is 49.5 Å². The first-order valence-electron chi connectivity index (χ1n) is 37.6. The molecule has 0 radical (unpaired) electrons. The Morgan fingerprint density at radius 1 is 0.393 bits per heavy atom. The van der Waals surface area contributed by atoms with Crippen LogP contribution in [-0.2, 0) is 14.3 Å². The van der Waals surface area contributed by atoms with Crippen molar-refractivity contribution >= 4 is 5.91 Å². The molecule has 1 amide bonds. The third-order valence-electron chi connectivity index (χ3n) is 17.3. The van der Waals surface area contributed by atoms with Gasteiger partial charge >= 0.3 is 0 Å². The van der Waals surface area contributed by atoms with Crippen LogP contribution in [0.5, 0.6) is 0 Å². The van der Waals surface area contributed by atoms with Gasteiger partial charge in [-0.3, -0.25) is 4.79 Å². The van der Waals surface area contributed by atoms with Gasteiger partial charge in [0.1, 0.15) is 24.4 Å². The summed E-state index contributed by atoms with van der Waals surface area (Å²) >= 11 is 0. The van der Waals surface area contributed by atoms with Gasteiger partial charge in [-0.1, -0.05) is 342 Å². The molecule has 1 fully saturated rings. The molecule has 0 aliphatic carbocycles. The van der Waals surface area contributed by atoms with Crippen LogP contribution in [0.25, 0.3) is 0 Å². The number of rotatable bonds is 65. The predicted molar refractivity (Wildman–Crippen MR) is 382 cm³/mol. The van der Waals surface area contributed by atoms with Crippen LogP contribution in [0.2, 0.25) is 0 Å². The molecule has 1 heterocycles. The van der Waals surface area contributed by atoms with E-state index in [1.807, 2.05) is 6.08 Å². The maximum atomic E-state index is 13.1. The van der Waals surface area contributed by atoms with Crippen molar-refractivity contribution in [3.63, 3.8) is 0 Å². The van der Waals surface area contributed by atoms with Crippen molar-refractivity contribution in [2.75, 3.05) is 13.2 Å². The third kappa shape index (κ3) is 56.1. The summed E-state index contributed by atoms with van der Waals surface area (Å²) in [6.07, 6.45) is 93.6. The Labute approximate surface area is 548 Å². The molecule has 7 unspecified atom stereocenters. The molecule has 6 N–H and O–H groups in total. The minimum Gasteiger partial charge on any atom is -0.394 e. The van der Waals surface area contributed by atoms with Crippen LogP contribution >= 0.6 is 0 Å². The average molecular weight is 1250 g/mol. The van der Waals surface area contributed by atoms with Gasteiger partial charge in [-0.2, -0.15) is 0 Å². The molecule has 0 saturated carbocycles.